The van der Waals surface area contributed by atoms with Gasteiger partial charge >= 0.3 is 0 Å². The van der Waals surface area contributed by atoms with Gasteiger partial charge in [0.2, 0.25) is 0 Å². The minimum atomic E-state index is -0.373. The van der Waals surface area contributed by atoms with Crippen LogP contribution in [0.15, 0.2) is 47.6 Å². The number of carbonyl (C=O) groups is 1. The first-order valence-electron chi connectivity index (χ1n) is 8.06. The molecule has 2 aromatic carbocycles. The van der Waals surface area contributed by atoms with Crippen molar-refractivity contribution < 1.29 is 19.4 Å². The molecule has 6 nitrogen and oxygen atoms in total. The van der Waals surface area contributed by atoms with Crippen molar-refractivity contribution in [2.75, 3.05) is 6.61 Å². The SMILES string of the molecule is CCOc1ccc(C=NNC(=O)c2ccccc2OC(C)C)cc1O. The Morgan fingerprint density at radius 2 is 2.00 bits per heavy atom. The molecule has 0 aliphatic carbocycles. The van der Waals surface area contributed by atoms with E-state index < -0.39 is 0 Å². The maximum atomic E-state index is 12.3. The van der Waals surface area contributed by atoms with Crippen LogP contribution in [0.4, 0.5) is 0 Å². The fourth-order valence-corrected chi connectivity index (χ4v) is 2.13. The lowest BCUT2D eigenvalue weighted by atomic mass is 10.2. The average molecular weight is 342 g/mol. The Kier molecular flexibility index (Phi) is 6.39. The number of hydrogen-bond donors (Lipinski definition) is 2. The maximum Gasteiger partial charge on any atom is 0.275 e. The minimum absolute atomic E-state index is 0.0211. The lowest BCUT2D eigenvalue weighted by Crippen LogP contribution is -2.19. The Bertz CT molecular complexity index is 757. The van der Waals surface area contributed by atoms with Gasteiger partial charge in [0.05, 0.1) is 24.5 Å². The summed E-state index contributed by atoms with van der Waals surface area (Å²) in [5.41, 5.74) is 3.50. The van der Waals surface area contributed by atoms with E-state index in [2.05, 4.69) is 10.5 Å². The van der Waals surface area contributed by atoms with Gasteiger partial charge in [-0.15, -0.1) is 0 Å². The maximum absolute atomic E-state index is 12.3. The molecule has 2 rings (SSSR count). The molecular formula is C19H22N2O4. The van der Waals surface area contributed by atoms with Crippen molar-refractivity contribution in [2.45, 2.75) is 26.9 Å². The summed E-state index contributed by atoms with van der Waals surface area (Å²) in [6.07, 6.45) is 1.41. The fraction of sp³-hybridized carbons (Fsp3) is 0.263. The molecule has 0 fully saturated rings. The summed E-state index contributed by atoms with van der Waals surface area (Å²) in [7, 11) is 0. The molecule has 0 aromatic heterocycles. The zero-order valence-electron chi connectivity index (χ0n) is 14.5. The number of hydrogen-bond acceptors (Lipinski definition) is 5. The number of phenolic OH excluding ortho intramolecular Hbond substituents is 1. The van der Waals surface area contributed by atoms with Crippen molar-refractivity contribution in [3.63, 3.8) is 0 Å². The van der Waals surface area contributed by atoms with Gasteiger partial charge in [-0.05, 0) is 56.7 Å². The molecule has 1 amide bonds. The van der Waals surface area contributed by atoms with E-state index in [1.54, 1.807) is 36.4 Å². The summed E-state index contributed by atoms with van der Waals surface area (Å²) >= 11 is 0. The van der Waals surface area contributed by atoms with Crippen molar-refractivity contribution in [3.05, 3.63) is 53.6 Å². The number of nitrogens with zero attached hydrogens (tertiary/aromatic N) is 1. The highest BCUT2D eigenvalue weighted by atomic mass is 16.5. The van der Waals surface area contributed by atoms with E-state index in [0.717, 1.165) is 0 Å². The Morgan fingerprint density at radius 3 is 2.68 bits per heavy atom. The number of amides is 1. The number of ether oxygens (including phenoxy) is 2. The lowest BCUT2D eigenvalue weighted by molar-refractivity contribution is 0.0949. The smallest absolute Gasteiger partial charge is 0.275 e. The monoisotopic (exact) mass is 342 g/mol. The van der Waals surface area contributed by atoms with Crippen LogP contribution in [-0.2, 0) is 0 Å². The van der Waals surface area contributed by atoms with Gasteiger partial charge in [0.1, 0.15) is 5.75 Å². The molecular weight excluding hydrogens is 320 g/mol. The zero-order valence-corrected chi connectivity index (χ0v) is 14.5. The van der Waals surface area contributed by atoms with E-state index in [9.17, 15) is 9.90 Å². The second kappa shape index (κ2) is 8.73. The van der Waals surface area contributed by atoms with Crippen LogP contribution in [0.3, 0.4) is 0 Å². The summed E-state index contributed by atoms with van der Waals surface area (Å²) in [5.74, 6) is 0.558. The largest absolute Gasteiger partial charge is 0.504 e. The number of aromatic hydroxyl groups is 1. The molecule has 0 aliphatic heterocycles. The number of rotatable bonds is 7. The van der Waals surface area contributed by atoms with Crippen molar-refractivity contribution in [3.8, 4) is 17.2 Å². The lowest BCUT2D eigenvalue weighted by Gasteiger charge is -2.12. The quantitative estimate of drug-likeness (QED) is 0.597. The van der Waals surface area contributed by atoms with Gasteiger partial charge in [-0.3, -0.25) is 4.79 Å². The predicted molar refractivity (Wildman–Crippen MR) is 96.5 cm³/mol. The molecule has 0 saturated carbocycles. The van der Waals surface area contributed by atoms with Crippen molar-refractivity contribution in [1.29, 1.82) is 0 Å². The molecule has 0 heterocycles. The van der Waals surface area contributed by atoms with Crippen LogP contribution in [-0.4, -0.2) is 29.9 Å². The molecule has 132 valence electrons. The molecule has 0 radical (unpaired) electrons. The van der Waals surface area contributed by atoms with Gasteiger partial charge in [-0.2, -0.15) is 5.10 Å². The standard InChI is InChI=1S/C19H22N2O4/c1-4-24-18-10-9-14(11-16(18)22)12-20-21-19(23)15-7-5-6-8-17(15)25-13(2)3/h5-13,22H,4H2,1-3H3,(H,21,23). The molecule has 0 saturated heterocycles. The topological polar surface area (TPSA) is 80.2 Å². The van der Waals surface area contributed by atoms with Gasteiger partial charge in [0.15, 0.2) is 11.5 Å². The van der Waals surface area contributed by atoms with Gasteiger partial charge < -0.3 is 14.6 Å². The van der Waals surface area contributed by atoms with Crippen LogP contribution in [0.25, 0.3) is 0 Å². The third-order valence-electron chi connectivity index (χ3n) is 3.16. The number of hydrazone groups is 1. The van der Waals surface area contributed by atoms with Gasteiger partial charge in [-0.1, -0.05) is 12.1 Å². The van der Waals surface area contributed by atoms with Gasteiger partial charge in [0.25, 0.3) is 5.91 Å². The second-order valence-corrected chi connectivity index (χ2v) is 5.52. The van der Waals surface area contributed by atoms with E-state index in [4.69, 9.17) is 9.47 Å². The molecule has 6 heteroatoms. The zero-order chi connectivity index (χ0) is 18.2. The Morgan fingerprint density at radius 1 is 1.24 bits per heavy atom. The molecule has 0 spiro atoms. The van der Waals surface area contributed by atoms with Gasteiger partial charge in [-0.25, -0.2) is 5.43 Å². The van der Waals surface area contributed by atoms with E-state index in [1.165, 1.54) is 12.3 Å². The fourth-order valence-electron chi connectivity index (χ4n) is 2.13. The predicted octanol–water partition coefficient (Wildman–Crippen LogP) is 3.34. The highest BCUT2D eigenvalue weighted by Crippen LogP contribution is 2.26. The number of phenols is 1. The van der Waals surface area contributed by atoms with Crippen LogP contribution in [0.1, 0.15) is 36.7 Å². The second-order valence-electron chi connectivity index (χ2n) is 5.52. The van der Waals surface area contributed by atoms with Crippen LogP contribution in [0.5, 0.6) is 17.2 Å². The van der Waals surface area contributed by atoms with E-state index in [-0.39, 0.29) is 17.8 Å². The molecule has 0 bridgehead atoms. The first-order chi connectivity index (χ1) is 12.0. The van der Waals surface area contributed by atoms with Crippen LogP contribution in [0.2, 0.25) is 0 Å². The number of carbonyl (C=O) groups excluding carboxylic acids is 1. The van der Waals surface area contributed by atoms with Crippen LogP contribution in [0, 0.1) is 0 Å². The average Bonchev–Trinajstić information content (AvgIpc) is 2.57. The molecule has 2 aromatic rings. The summed E-state index contributed by atoms with van der Waals surface area (Å²) in [6, 6.07) is 11.9. The highest BCUT2D eigenvalue weighted by molar-refractivity contribution is 5.97. The van der Waals surface area contributed by atoms with Crippen LogP contribution < -0.4 is 14.9 Å². The summed E-state index contributed by atoms with van der Waals surface area (Å²) in [6.45, 7) is 6.09. The molecule has 25 heavy (non-hydrogen) atoms. The summed E-state index contributed by atoms with van der Waals surface area (Å²) in [5, 5.41) is 13.8. The van der Waals surface area contributed by atoms with E-state index in [1.807, 2.05) is 20.8 Å². The highest BCUT2D eigenvalue weighted by Gasteiger charge is 2.12. The van der Waals surface area contributed by atoms with Crippen LogP contribution >= 0.6 is 0 Å². The number of benzene rings is 2. The third kappa shape index (κ3) is 5.24. The first kappa shape index (κ1) is 18.3. The Hall–Kier alpha value is -3.02. The van der Waals surface area contributed by atoms with Gasteiger partial charge in [0, 0.05) is 0 Å². The molecule has 2 N–H and O–H groups in total. The van der Waals surface area contributed by atoms with Crippen molar-refractivity contribution in [2.24, 2.45) is 5.10 Å². The van der Waals surface area contributed by atoms with E-state index >= 15 is 0 Å². The number of nitrogens with one attached hydrogen (secondary N) is 1. The molecule has 0 unspecified atom stereocenters. The summed E-state index contributed by atoms with van der Waals surface area (Å²) < 4.78 is 10.9. The molecule has 0 atom stereocenters. The summed E-state index contributed by atoms with van der Waals surface area (Å²) in [4.78, 5) is 12.3. The van der Waals surface area contributed by atoms with E-state index in [0.29, 0.717) is 29.2 Å². The molecule has 0 aliphatic rings. The third-order valence-corrected chi connectivity index (χ3v) is 3.16. The number of para-hydroxylation sites is 1. The normalized spacial score (nSPS) is 10.9. The van der Waals surface area contributed by atoms with Crippen molar-refractivity contribution >= 4 is 12.1 Å². The van der Waals surface area contributed by atoms with Crippen molar-refractivity contribution in [1.82, 2.24) is 5.43 Å². The Balaban J connectivity index is 2.05. The first-order valence-corrected chi connectivity index (χ1v) is 8.06. The minimum Gasteiger partial charge on any atom is -0.504 e. The Labute approximate surface area is 147 Å².